The van der Waals surface area contributed by atoms with Crippen LogP contribution in [0.5, 0.6) is 5.75 Å². The Balaban J connectivity index is 1.38. The number of ether oxygens (including phenoxy) is 1. The van der Waals surface area contributed by atoms with Crippen LogP contribution in [0, 0.1) is 23.7 Å². The summed E-state index contributed by atoms with van der Waals surface area (Å²) in [4.78, 5) is 15.9. The van der Waals surface area contributed by atoms with Gasteiger partial charge in [0.05, 0.1) is 22.1 Å². The Hall–Kier alpha value is -1.55. The molecule has 2 aromatic carbocycles. The molecule has 1 amide bonds. The van der Waals surface area contributed by atoms with Crippen molar-refractivity contribution in [3.05, 3.63) is 58.1 Å². The van der Waals surface area contributed by atoms with Crippen molar-refractivity contribution >= 4 is 56.7 Å². The molecule has 6 nitrogen and oxygen atoms in total. The number of nitrogens with one attached hydrogen (secondary N) is 1. The summed E-state index contributed by atoms with van der Waals surface area (Å²) in [7, 11) is -3.84. The molecule has 3 aliphatic heterocycles. The smallest absolute Gasteiger partial charge is 0.264 e. The highest BCUT2D eigenvalue weighted by atomic mass is 35.5. The fraction of sp³-hybridized carbons (Fsp3) is 0.639. The van der Waals surface area contributed by atoms with Gasteiger partial charge in [0.15, 0.2) is 0 Å². The van der Waals surface area contributed by atoms with E-state index in [9.17, 15) is 13.2 Å². The van der Waals surface area contributed by atoms with Gasteiger partial charge in [-0.3, -0.25) is 4.79 Å². The standard InChI is InChI=1S/C36H49ClN2O4S3/c1-4-7-25-18-29(37)12-14-30(25)28-21-39-20-27-10-13-31(27)32(36-44-16-6-17-45-36)9-5-8-23(2)24(3)46(41,42)38-35(40)26-11-15-34(43-22-28)33(39)19-26/h11-12,14-15,18-19,23-24,27-28,31-32,36H,4-10,13,16-17,20-22H2,1-3H3,(H,38,40). The predicted molar refractivity (Wildman–Crippen MR) is 194 cm³/mol. The number of fused-ring (bicyclic) bond motifs is 2. The molecule has 3 heterocycles. The van der Waals surface area contributed by atoms with E-state index in [-0.39, 0.29) is 11.8 Å². The molecular formula is C36H49ClN2O4S3. The van der Waals surface area contributed by atoms with Gasteiger partial charge in [0.1, 0.15) is 5.75 Å². The van der Waals surface area contributed by atoms with Crippen LogP contribution in [-0.4, -0.2) is 55.4 Å². The summed E-state index contributed by atoms with van der Waals surface area (Å²) in [5.41, 5.74) is 3.77. The second-order valence-electron chi connectivity index (χ2n) is 13.9. The fourth-order valence-electron chi connectivity index (χ4n) is 7.93. The number of anilines is 1. The average Bonchev–Trinajstić information content (AvgIpc) is 3.21. The lowest BCUT2D eigenvalue weighted by Crippen LogP contribution is -2.45. The van der Waals surface area contributed by atoms with E-state index in [1.54, 1.807) is 13.0 Å². The lowest BCUT2D eigenvalue weighted by atomic mass is 9.66. The van der Waals surface area contributed by atoms with E-state index in [2.05, 4.69) is 52.2 Å². The maximum atomic E-state index is 13.5. The van der Waals surface area contributed by atoms with Crippen molar-refractivity contribution in [3.63, 3.8) is 0 Å². The first kappa shape index (κ1) is 34.3. The van der Waals surface area contributed by atoms with Gasteiger partial charge in [0.2, 0.25) is 10.0 Å². The van der Waals surface area contributed by atoms with Gasteiger partial charge in [-0.15, -0.1) is 23.5 Å². The Morgan fingerprint density at radius 2 is 1.78 bits per heavy atom. The lowest BCUT2D eigenvalue weighted by Gasteiger charge is -2.47. The van der Waals surface area contributed by atoms with E-state index in [1.165, 1.54) is 41.9 Å². The molecule has 2 fully saturated rings. The van der Waals surface area contributed by atoms with Crippen molar-refractivity contribution in [2.75, 3.05) is 36.1 Å². The number of carbonyl (C=O) groups excluding carboxylic acids is 1. The van der Waals surface area contributed by atoms with E-state index in [0.717, 1.165) is 61.7 Å². The zero-order chi connectivity index (χ0) is 32.4. The summed E-state index contributed by atoms with van der Waals surface area (Å²) >= 11 is 10.8. The Morgan fingerprint density at radius 3 is 2.52 bits per heavy atom. The SMILES string of the molecule is CCCc1cc(Cl)ccc1C1COc2ccc3cc2N(C1)CC1CCC1C(C1SCCCS1)CCCC(C)C(C)S(=O)(=O)NC3=O. The number of amides is 1. The average molecular weight is 705 g/mol. The third-order valence-electron chi connectivity index (χ3n) is 10.9. The molecule has 6 unspecified atom stereocenters. The van der Waals surface area contributed by atoms with Crippen molar-refractivity contribution in [1.82, 2.24) is 4.72 Å². The molecule has 0 spiro atoms. The maximum Gasteiger partial charge on any atom is 0.264 e. The highest BCUT2D eigenvalue weighted by Crippen LogP contribution is 2.51. The van der Waals surface area contributed by atoms with Crippen molar-refractivity contribution in [2.45, 2.75) is 87.9 Å². The van der Waals surface area contributed by atoms with Crippen LogP contribution in [0.4, 0.5) is 5.69 Å². The third-order valence-corrected chi connectivity index (χ3v) is 16.3. The van der Waals surface area contributed by atoms with Crippen LogP contribution in [0.2, 0.25) is 5.02 Å². The van der Waals surface area contributed by atoms with Gasteiger partial charge in [-0.25, -0.2) is 13.1 Å². The predicted octanol–water partition coefficient (Wildman–Crippen LogP) is 8.38. The van der Waals surface area contributed by atoms with Gasteiger partial charge in [0, 0.05) is 29.6 Å². The molecule has 1 N–H and O–H groups in total. The molecule has 4 aliphatic rings. The van der Waals surface area contributed by atoms with Gasteiger partial charge in [-0.1, -0.05) is 44.4 Å². The topological polar surface area (TPSA) is 75.7 Å². The Morgan fingerprint density at radius 1 is 0.978 bits per heavy atom. The molecule has 1 aliphatic carbocycles. The largest absolute Gasteiger partial charge is 0.491 e. The molecule has 46 heavy (non-hydrogen) atoms. The van der Waals surface area contributed by atoms with Crippen LogP contribution in [0.3, 0.4) is 0 Å². The lowest BCUT2D eigenvalue weighted by molar-refractivity contribution is 0.0980. The summed E-state index contributed by atoms with van der Waals surface area (Å²) < 4.78 is 36.4. The van der Waals surface area contributed by atoms with Gasteiger partial charge in [0.25, 0.3) is 5.91 Å². The van der Waals surface area contributed by atoms with Crippen molar-refractivity contribution in [1.29, 1.82) is 0 Å². The van der Waals surface area contributed by atoms with Gasteiger partial charge in [-0.2, -0.15) is 0 Å². The first-order chi connectivity index (χ1) is 22.1. The molecule has 6 atom stereocenters. The first-order valence-electron chi connectivity index (χ1n) is 17.2. The van der Waals surface area contributed by atoms with Crippen LogP contribution in [0.15, 0.2) is 36.4 Å². The van der Waals surface area contributed by atoms with Crippen molar-refractivity contribution in [2.24, 2.45) is 23.7 Å². The molecule has 0 aromatic heterocycles. The second-order valence-corrected chi connectivity index (χ2v) is 19.2. The molecule has 0 radical (unpaired) electrons. The van der Waals surface area contributed by atoms with Crippen LogP contribution >= 0.6 is 35.1 Å². The van der Waals surface area contributed by atoms with E-state index in [1.807, 2.05) is 25.1 Å². The molecular weight excluding hydrogens is 656 g/mol. The second kappa shape index (κ2) is 14.9. The minimum Gasteiger partial charge on any atom is -0.491 e. The Kier molecular flexibility index (Phi) is 11.1. The normalized spacial score (nSPS) is 30.7. The number of rotatable bonds is 4. The summed E-state index contributed by atoms with van der Waals surface area (Å²) in [6.45, 7) is 8.16. The zero-order valence-electron chi connectivity index (χ0n) is 27.4. The molecule has 2 bridgehead atoms. The van der Waals surface area contributed by atoms with Crippen molar-refractivity contribution < 1.29 is 17.9 Å². The monoisotopic (exact) mass is 704 g/mol. The number of aryl methyl sites for hydroxylation is 1. The molecule has 6 rings (SSSR count). The molecule has 1 saturated carbocycles. The molecule has 2 aromatic rings. The summed E-state index contributed by atoms with van der Waals surface area (Å²) in [5.74, 6) is 4.58. The van der Waals surface area contributed by atoms with Crippen molar-refractivity contribution in [3.8, 4) is 5.75 Å². The van der Waals surface area contributed by atoms with Gasteiger partial charge < -0.3 is 9.64 Å². The fourth-order valence-corrected chi connectivity index (χ4v) is 12.8. The van der Waals surface area contributed by atoms with E-state index >= 15 is 0 Å². The summed E-state index contributed by atoms with van der Waals surface area (Å²) in [5, 5.41) is 0.0990. The highest BCUT2D eigenvalue weighted by Gasteiger charge is 2.43. The van der Waals surface area contributed by atoms with Crippen LogP contribution in [0.25, 0.3) is 0 Å². The zero-order valence-corrected chi connectivity index (χ0v) is 30.6. The quantitative estimate of drug-likeness (QED) is 0.343. The van der Waals surface area contributed by atoms with Gasteiger partial charge in [-0.05, 0) is 122 Å². The highest BCUT2D eigenvalue weighted by molar-refractivity contribution is 8.17. The van der Waals surface area contributed by atoms with E-state index in [4.69, 9.17) is 16.3 Å². The van der Waals surface area contributed by atoms with Gasteiger partial charge >= 0.3 is 0 Å². The number of hydrogen-bond acceptors (Lipinski definition) is 7. The number of sulfonamides is 1. The molecule has 1 saturated heterocycles. The number of nitrogens with zero attached hydrogens (tertiary/aromatic N) is 1. The van der Waals surface area contributed by atoms with E-state index in [0.29, 0.717) is 34.5 Å². The Labute approximate surface area is 289 Å². The number of carbonyl (C=O) groups is 1. The van der Waals surface area contributed by atoms with Crippen LogP contribution in [0.1, 0.15) is 93.1 Å². The van der Waals surface area contributed by atoms with Crippen LogP contribution in [-0.2, 0) is 16.4 Å². The maximum absolute atomic E-state index is 13.5. The third kappa shape index (κ3) is 7.52. The summed E-state index contributed by atoms with van der Waals surface area (Å²) in [6, 6.07) is 11.7. The minimum absolute atomic E-state index is 0.0407. The molecule has 252 valence electrons. The minimum atomic E-state index is -3.84. The van der Waals surface area contributed by atoms with Crippen LogP contribution < -0.4 is 14.4 Å². The number of thioether (sulfide) groups is 2. The van der Waals surface area contributed by atoms with E-state index < -0.39 is 21.2 Å². The summed E-state index contributed by atoms with van der Waals surface area (Å²) in [6.07, 6.45) is 8.74. The first-order valence-corrected chi connectivity index (χ1v) is 21.3. The number of hydrogen-bond donors (Lipinski definition) is 1. The number of halogens is 1. The Bertz CT molecular complexity index is 1500. The number of benzene rings is 2. The molecule has 10 heteroatoms.